The summed E-state index contributed by atoms with van der Waals surface area (Å²) in [6.45, 7) is 2.27. The highest BCUT2D eigenvalue weighted by Gasteiger charge is 2.38. The first-order valence-electron chi connectivity index (χ1n) is 8.71. The minimum absolute atomic E-state index is 0.125. The fourth-order valence-corrected chi connectivity index (χ4v) is 4.37. The Hall–Kier alpha value is -1.91. The van der Waals surface area contributed by atoms with Crippen molar-refractivity contribution in [1.82, 2.24) is 0 Å². The van der Waals surface area contributed by atoms with Crippen LogP contribution in [0.15, 0.2) is 91.0 Å². The van der Waals surface area contributed by atoms with Gasteiger partial charge in [-0.1, -0.05) is 104 Å². The molecule has 1 heteroatoms. The van der Waals surface area contributed by atoms with E-state index in [4.69, 9.17) is 0 Å². The molecule has 0 bridgehead atoms. The Labute approximate surface area is 148 Å². The van der Waals surface area contributed by atoms with Crippen molar-refractivity contribution >= 4 is 9.24 Å². The van der Waals surface area contributed by atoms with Gasteiger partial charge in [0.2, 0.25) is 0 Å². The summed E-state index contributed by atoms with van der Waals surface area (Å²) in [5.41, 5.74) is 4.11. The predicted octanol–water partition coefficient (Wildman–Crippen LogP) is 6.39. The number of rotatable bonds is 6. The Kier molecular flexibility index (Phi) is 5.48. The fourth-order valence-electron chi connectivity index (χ4n) is 3.63. The van der Waals surface area contributed by atoms with Crippen LogP contribution in [-0.2, 0) is 5.16 Å². The van der Waals surface area contributed by atoms with E-state index in [2.05, 4.69) is 107 Å². The summed E-state index contributed by atoms with van der Waals surface area (Å²) in [5, 5.41) is -0.125. The first-order chi connectivity index (χ1) is 11.8. The zero-order chi connectivity index (χ0) is 16.8. The Balaban J connectivity index is 2.20. The molecule has 0 aliphatic rings. The Bertz CT molecular complexity index is 695. The SMILES string of the molecule is CCCC(c1ccccc1)C(P)(c1ccccc1)c1ccccc1. The quantitative estimate of drug-likeness (QED) is 0.459. The van der Waals surface area contributed by atoms with Gasteiger partial charge in [-0.15, -0.1) is 9.24 Å². The third-order valence-corrected chi connectivity index (χ3v) is 5.90. The summed E-state index contributed by atoms with van der Waals surface area (Å²) in [7, 11) is 3.21. The zero-order valence-electron chi connectivity index (χ0n) is 14.2. The summed E-state index contributed by atoms with van der Waals surface area (Å²) in [6.07, 6.45) is 2.31. The summed E-state index contributed by atoms with van der Waals surface area (Å²) >= 11 is 0. The van der Waals surface area contributed by atoms with Crippen LogP contribution in [0.25, 0.3) is 0 Å². The van der Waals surface area contributed by atoms with Gasteiger partial charge >= 0.3 is 0 Å². The molecule has 0 saturated carbocycles. The van der Waals surface area contributed by atoms with E-state index in [1.807, 2.05) is 0 Å². The lowest BCUT2D eigenvalue weighted by Gasteiger charge is -2.39. The van der Waals surface area contributed by atoms with Gasteiger partial charge < -0.3 is 0 Å². The summed E-state index contributed by atoms with van der Waals surface area (Å²) in [4.78, 5) is 0. The molecular weight excluding hydrogens is 307 g/mol. The molecule has 0 aliphatic heterocycles. The van der Waals surface area contributed by atoms with Gasteiger partial charge in [0, 0.05) is 11.1 Å². The van der Waals surface area contributed by atoms with Crippen LogP contribution in [0.2, 0.25) is 0 Å². The Morgan fingerprint density at radius 2 is 1.12 bits per heavy atom. The lowest BCUT2D eigenvalue weighted by Crippen LogP contribution is -2.29. The van der Waals surface area contributed by atoms with Crippen LogP contribution in [0.1, 0.15) is 42.4 Å². The lowest BCUT2D eigenvalue weighted by atomic mass is 9.74. The van der Waals surface area contributed by atoms with Gasteiger partial charge in [-0.2, -0.15) is 0 Å². The van der Waals surface area contributed by atoms with Gasteiger partial charge in [0.25, 0.3) is 0 Å². The monoisotopic (exact) mass is 332 g/mol. The molecule has 3 aromatic rings. The van der Waals surface area contributed by atoms with E-state index in [1.165, 1.54) is 16.7 Å². The second-order valence-electron chi connectivity index (χ2n) is 6.35. The number of hydrogen-bond donors (Lipinski definition) is 0. The molecule has 2 unspecified atom stereocenters. The maximum absolute atomic E-state index is 3.21. The predicted molar refractivity (Wildman–Crippen MR) is 107 cm³/mol. The Morgan fingerprint density at radius 3 is 1.54 bits per heavy atom. The molecule has 2 atom stereocenters. The van der Waals surface area contributed by atoms with E-state index in [9.17, 15) is 0 Å². The van der Waals surface area contributed by atoms with Gasteiger partial charge in [-0.05, 0) is 23.1 Å². The van der Waals surface area contributed by atoms with E-state index in [-0.39, 0.29) is 5.16 Å². The minimum atomic E-state index is -0.125. The molecule has 122 valence electrons. The third kappa shape index (κ3) is 3.30. The average molecular weight is 332 g/mol. The molecule has 0 aliphatic carbocycles. The van der Waals surface area contributed by atoms with Gasteiger partial charge in [0.1, 0.15) is 0 Å². The molecule has 0 saturated heterocycles. The number of benzene rings is 3. The molecule has 3 rings (SSSR count). The van der Waals surface area contributed by atoms with Crippen LogP contribution in [0, 0.1) is 0 Å². The number of hydrogen-bond acceptors (Lipinski definition) is 0. The molecule has 0 heterocycles. The molecule has 0 spiro atoms. The summed E-state index contributed by atoms with van der Waals surface area (Å²) < 4.78 is 0. The maximum Gasteiger partial charge on any atom is 0.0412 e. The molecule has 0 amide bonds. The van der Waals surface area contributed by atoms with Crippen molar-refractivity contribution in [1.29, 1.82) is 0 Å². The van der Waals surface area contributed by atoms with Crippen LogP contribution in [0.3, 0.4) is 0 Å². The molecule has 0 radical (unpaired) electrons. The van der Waals surface area contributed by atoms with E-state index >= 15 is 0 Å². The minimum Gasteiger partial charge on any atom is -0.121 e. The van der Waals surface area contributed by atoms with Crippen LogP contribution >= 0.6 is 9.24 Å². The second kappa shape index (κ2) is 7.77. The van der Waals surface area contributed by atoms with Gasteiger partial charge in [-0.25, -0.2) is 0 Å². The first kappa shape index (κ1) is 16.9. The highest BCUT2D eigenvalue weighted by Crippen LogP contribution is 2.51. The van der Waals surface area contributed by atoms with Gasteiger partial charge in [0.15, 0.2) is 0 Å². The van der Waals surface area contributed by atoms with Crippen molar-refractivity contribution in [2.75, 3.05) is 0 Å². The first-order valence-corrected chi connectivity index (χ1v) is 9.29. The molecular formula is C23H25P. The molecule has 0 N–H and O–H groups in total. The molecule has 3 aromatic carbocycles. The summed E-state index contributed by atoms with van der Waals surface area (Å²) in [5.74, 6) is 0.415. The van der Waals surface area contributed by atoms with Crippen molar-refractivity contribution in [2.24, 2.45) is 0 Å². The second-order valence-corrected chi connectivity index (χ2v) is 7.26. The average Bonchev–Trinajstić information content (AvgIpc) is 2.67. The van der Waals surface area contributed by atoms with Gasteiger partial charge in [0.05, 0.1) is 0 Å². The maximum atomic E-state index is 3.21. The summed E-state index contributed by atoms with van der Waals surface area (Å²) in [6, 6.07) is 32.7. The Morgan fingerprint density at radius 1 is 0.708 bits per heavy atom. The van der Waals surface area contributed by atoms with E-state index in [0.717, 1.165) is 12.8 Å². The van der Waals surface area contributed by atoms with Crippen molar-refractivity contribution < 1.29 is 0 Å². The largest absolute Gasteiger partial charge is 0.121 e. The van der Waals surface area contributed by atoms with Crippen LogP contribution < -0.4 is 0 Å². The van der Waals surface area contributed by atoms with Crippen molar-refractivity contribution in [3.05, 3.63) is 108 Å². The molecule has 24 heavy (non-hydrogen) atoms. The third-order valence-electron chi connectivity index (χ3n) is 4.83. The van der Waals surface area contributed by atoms with Crippen molar-refractivity contribution in [3.63, 3.8) is 0 Å². The van der Waals surface area contributed by atoms with Crippen LogP contribution in [0.5, 0.6) is 0 Å². The zero-order valence-corrected chi connectivity index (χ0v) is 15.4. The molecule has 0 fully saturated rings. The lowest BCUT2D eigenvalue weighted by molar-refractivity contribution is 0.513. The van der Waals surface area contributed by atoms with Crippen LogP contribution in [0.4, 0.5) is 0 Å². The topological polar surface area (TPSA) is 0 Å². The highest BCUT2D eigenvalue weighted by molar-refractivity contribution is 7.19. The fraction of sp³-hybridized carbons (Fsp3) is 0.217. The normalized spacial score (nSPS) is 12.8. The standard InChI is InChI=1S/C23H25P/c1-2-12-22(19-13-6-3-7-14-19)23(24,20-15-8-4-9-16-20)21-17-10-5-11-18-21/h3-11,13-18,22H,2,12,24H2,1H3. The molecule has 0 aromatic heterocycles. The smallest absolute Gasteiger partial charge is 0.0412 e. The molecule has 0 nitrogen and oxygen atoms in total. The van der Waals surface area contributed by atoms with Gasteiger partial charge in [-0.3, -0.25) is 0 Å². The van der Waals surface area contributed by atoms with E-state index in [0.29, 0.717) is 5.92 Å². The highest BCUT2D eigenvalue weighted by atomic mass is 31.0. The van der Waals surface area contributed by atoms with E-state index in [1.54, 1.807) is 0 Å². The van der Waals surface area contributed by atoms with Crippen LogP contribution in [-0.4, -0.2) is 0 Å². The van der Waals surface area contributed by atoms with Crippen molar-refractivity contribution in [2.45, 2.75) is 30.8 Å². The van der Waals surface area contributed by atoms with E-state index < -0.39 is 0 Å². The van der Waals surface area contributed by atoms with Crippen molar-refractivity contribution in [3.8, 4) is 0 Å².